The summed E-state index contributed by atoms with van der Waals surface area (Å²) >= 11 is 0. The zero-order valence-electron chi connectivity index (χ0n) is 10.1. The Balaban J connectivity index is 3.11. The third kappa shape index (κ3) is 3.39. The number of hydrogen-bond acceptors (Lipinski definition) is 6. The third-order valence-corrected chi connectivity index (χ3v) is 2.67. The van der Waals surface area contributed by atoms with Gasteiger partial charge in [0.1, 0.15) is 6.10 Å². The summed E-state index contributed by atoms with van der Waals surface area (Å²) in [6.07, 6.45) is -3.72. The summed E-state index contributed by atoms with van der Waals surface area (Å²) in [4.78, 5) is 20.5. The minimum atomic E-state index is -1.54. The fourth-order valence-corrected chi connectivity index (χ4v) is 1.69. The van der Waals surface area contributed by atoms with Gasteiger partial charge in [-0.25, -0.2) is 0 Å². The van der Waals surface area contributed by atoms with Crippen LogP contribution in [0, 0.1) is 17.0 Å². The normalized spacial score (nSPS) is 13.8. The molecule has 1 aromatic rings. The molecule has 0 radical (unpaired) electrons. The zero-order chi connectivity index (χ0) is 14.7. The summed E-state index contributed by atoms with van der Waals surface area (Å²) in [5.41, 5.74) is 5.62. The smallest absolute Gasteiger partial charge is 0.306 e. The van der Waals surface area contributed by atoms with Crippen LogP contribution in [0.1, 0.15) is 23.7 Å². The van der Waals surface area contributed by atoms with Crippen molar-refractivity contribution in [3.8, 4) is 0 Å². The Morgan fingerprint density at radius 1 is 1.47 bits per heavy atom. The first-order chi connectivity index (χ1) is 8.73. The van der Waals surface area contributed by atoms with Gasteiger partial charge in [-0.2, -0.15) is 0 Å². The van der Waals surface area contributed by atoms with Crippen molar-refractivity contribution in [3.05, 3.63) is 33.4 Å². The molecule has 0 aromatic heterocycles. The fraction of sp³-hybridized carbons (Fsp3) is 0.364. The monoisotopic (exact) mass is 270 g/mol. The van der Waals surface area contributed by atoms with Crippen LogP contribution in [0.25, 0.3) is 0 Å². The van der Waals surface area contributed by atoms with Crippen LogP contribution in [0.3, 0.4) is 0 Å². The lowest BCUT2D eigenvalue weighted by Gasteiger charge is -2.18. The fourth-order valence-electron chi connectivity index (χ4n) is 1.69. The number of aliphatic carboxylic acids is 1. The van der Waals surface area contributed by atoms with E-state index in [4.69, 9.17) is 10.8 Å². The molecular weight excluding hydrogens is 256 g/mol. The van der Waals surface area contributed by atoms with Crippen molar-refractivity contribution < 1.29 is 25.0 Å². The SMILES string of the molecule is Cc1cc(C(O)C(O)CC(=O)O)c(N)cc1[N+](=O)[O-]. The Kier molecular flexibility index (Phi) is 4.41. The number of aryl methyl sites for hydroxylation is 1. The van der Waals surface area contributed by atoms with E-state index in [1.54, 1.807) is 0 Å². The molecule has 2 atom stereocenters. The van der Waals surface area contributed by atoms with Crippen LogP contribution in [0.4, 0.5) is 11.4 Å². The molecule has 0 saturated carbocycles. The lowest BCUT2D eigenvalue weighted by atomic mass is 9.98. The molecule has 0 amide bonds. The molecule has 0 bridgehead atoms. The quantitative estimate of drug-likeness (QED) is 0.343. The van der Waals surface area contributed by atoms with E-state index in [9.17, 15) is 25.1 Å². The molecule has 0 aliphatic heterocycles. The molecule has 1 aromatic carbocycles. The number of aliphatic hydroxyl groups is 2. The van der Waals surface area contributed by atoms with Crippen LogP contribution in [0.5, 0.6) is 0 Å². The third-order valence-electron chi connectivity index (χ3n) is 2.67. The summed E-state index contributed by atoms with van der Waals surface area (Å²) in [6, 6.07) is 2.34. The highest BCUT2D eigenvalue weighted by molar-refractivity contribution is 5.67. The summed E-state index contributed by atoms with van der Waals surface area (Å²) < 4.78 is 0. The van der Waals surface area contributed by atoms with Crippen LogP contribution in [-0.4, -0.2) is 32.3 Å². The topological polar surface area (TPSA) is 147 Å². The van der Waals surface area contributed by atoms with E-state index in [0.717, 1.165) is 6.07 Å². The van der Waals surface area contributed by atoms with Gasteiger partial charge in [0.05, 0.1) is 17.4 Å². The van der Waals surface area contributed by atoms with E-state index in [2.05, 4.69) is 0 Å². The summed E-state index contributed by atoms with van der Waals surface area (Å²) in [5.74, 6) is -1.27. The molecule has 19 heavy (non-hydrogen) atoms. The van der Waals surface area contributed by atoms with Crippen molar-refractivity contribution in [2.75, 3.05) is 5.73 Å². The van der Waals surface area contributed by atoms with Gasteiger partial charge in [-0.3, -0.25) is 14.9 Å². The molecule has 5 N–H and O–H groups in total. The number of nitrogens with two attached hydrogens (primary N) is 1. The highest BCUT2D eigenvalue weighted by Crippen LogP contribution is 2.30. The average Bonchev–Trinajstić information content (AvgIpc) is 2.29. The summed E-state index contributed by atoms with van der Waals surface area (Å²) in [5, 5.41) is 38.5. The molecule has 0 aliphatic rings. The van der Waals surface area contributed by atoms with Gasteiger partial charge in [0.2, 0.25) is 0 Å². The van der Waals surface area contributed by atoms with Crippen LogP contribution >= 0.6 is 0 Å². The highest BCUT2D eigenvalue weighted by Gasteiger charge is 2.25. The lowest BCUT2D eigenvalue weighted by Crippen LogP contribution is -2.22. The molecule has 0 saturated heterocycles. The van der Waals surface area contributed by atoms with Crippen LogP contribution in [0.15, 0.2) is 12.1 Å². The number of nitrogens with zero attached hydrogens (tertiary/aromatic N) is 1. The minimum absolute atomic E-state index is 0.0665. The van der Waals surface area contributed by atoms with Crippen LogP contribution < -0.4 is 5.73 Å². The maximum absolute atomic E-state index is 10.7. The van der Waals surface area contributed by atoms with Gasteiger partial charge in [0.15, 0.2) is 0 Å². The number of carboxylic acids is 1. The van der Waals surface area contributed by atoms with Crippen molar-refractivity contribution >= 4 is 17.3 Å². The average molecular weight is 270 g/mol. The summed E-state index contributed by atoms with van der Waals surface area (Å²) in [7, 11) is 0. The van der Waals surface area contributed by atoms with Crippen LogP contribution in [-0.2, 0) is 4.79 Å². The van der Waals surface area contributed by atoms with Gasteiger partial charge < -0.3 is 21.1 Å². The molecule has 0 aliphatic carbocycles. The van der Waals surface area contributed by atoms with E-state index in [1.807, 2.05) is 0 Å². The van der Waals surface area contributed by atoms with E-state index in [-0.39, 0.29) is 22.5 Å². The minimum Gasteiger partial charge on any atom is -0.481 e. The molecule has 2 unspecified atom stereocenters. The summed E-state index contributed by atoms with van der Waals surface area (Å²) in [6.45, 7) is 1.46. The number of carboxylic acid groups (broad SMARTS) is 1. The first kappa shape index (κ1) is 14.9. The number of nitro benzene ring substituents is 1. The molecule has 8 heteroatoms. The Morgan fingerprint density at radius 2 is 2.05 bits per heavy atom. The van der Waals surface area contributed by atoms with Gasteiger partial charge >= 0.3 is 5.97 Å². The lowest BCUT2D eigenvalue weighted by molar-refractivity contribution is -0.385. The number of aliphatic hydroxyl groups excluding tert-OH is 2. The van der Waals surface area contributed by atoms with Crippen molar-refractivity contribution in [3.63, 3.8) is 0 Å². The molecular formula is C11H14N2O6. The zero-order valence-corrected chi connectivity index (χ0v) is 10.1. The van der Waals surface area contributed by atoms with Crippen molar-refractivity contribution in [2.24, 2.45) is 0 Å². The van der Waals surface area contributed by atoms with Crippen molar-refractivity contribution in [2.45, 2.75) is 25.6 Å². The Bertz CT molecular complexity index is 516. The number of rotatable bonds is 5. The Hall–Kier alpha value is -2.19. The second-order valence-corrected chi connectivity index (χ2v) is 4.13. The van der Waals surface area contributed by atoms with E-state index < -0.39 is 29.5 Å². The molecule has 0 spiro atoms. The van der Waals surface area contributed by atoms with Gasteiger partial charge in [0, 0.05) is 22.9 Å². The number of anilines is 1. The maximum atomic E-state index is 10.7. The van der Waals surface area contributed by atoms with Gasteiger partial charge in [0.25, 0.3) is 5.69 Å². The predicted octanol–water partition coefficient (Wildman–Crippen LogP) is 0.354. The first-order valence-corrected chi connectivity index (χ1v) is 5.36. The van der Waals surface area contributed by atoms with E-state index >= 15 is 0 Å². The van der Waals surface area contributed by atoms with E-state index in [0.29, 0.717) is 0 Å². The molecule has 1 rings (SSSR count). The number of hydrogen-bond donors (Lipinski definition) is 4. The van der Waals surface area contributed by atoms with Crippen molar-refractivity contribution in [1.82, 2.24) is 0 Å². The van der Waals surface area contributed by atoms with E-state index in [1.165, 1.54) is 13.0 Å². The molecule has 8 nitrogen and oxygen atoms in total. The molecule has 0 fully saturated rings. The van der Waals surface area contributed by atoms with Crippen LogP contribution in [0.2, 0.25) is 0 Å². The second kappa shape index (κ2) is 5.63. The molecule has 104 valence electrons. The van der Waals surface area contributed by atoms with Crippen molar-refractivity contribution in [1.29, 1.82) is 0 Å². The largest absolute Gasteiger partial charge is 0.481 e. The molecule has 0 heterocycles. The Labute approximate surface area is 108 Å². The Morgan fingerprint density at radius 3 is 2.53 bits per heavy atom. The predicted molar refractivity (Wildman–Crippen MR) is 65.5 cm³/mol. The maximum Gasteiger partial charge on any atom is 0.306 e. The first-order valence-electron chi connectivity index (χ1n) is 5.36. The van der Waals surface area contributed by atoms with Gasteiger partial charge in [-0.15, -0.1) is 0 Å². The standard InChI is InChI=1S/C11H14N2O6/c1-5-2-6(7(12)3-8(5)13(18)19)11(17)9(14)4-10(15)16/h2-3,9,11,14,17H,4,12H2,1H3,(H,15,16). The highest BCUT2D eigenvalue weighted by atomic mass is 16.6. The van der Waals surface area contributed by atoms with Gasteiger partial charge in [-0.1, -0.05) is 0 Å². The van der Waals surface area contributed by atoms with Gasteiger partial charge in [-0.05, 0) is 13.0 Å². The number of benzene rings is 1. The second-order valence-electron chi connectivity index (χ2n) is 4.13. The number of carbonyl (C=O) groups is 1. The number of nitro groups is 1. The number of nitrogen functional groups attached to an aromatic ring is 1.